The molecular weight excluding hydrogens is 280 g/mol. The second-order valence-electron chi connectivity index (χ2n) is 5.81. The monoisotopic (exact) mass is 300 g/mol. The predicted octanol–water partition coefficient (Wildman–Crippen LogP) is 3.24. The molecule has 1 N–H and O–H groups in total. The maximum Gasteiger partial charge on any atom is 0.416 e. The van der Waals surface area contributed by atoms with E-state index in [0.29, 0.717) is 11.7 Å². The standard InChI is InChI=1S/C13H20N2O4S/c1-8(2)6-15(12(18)19-13(3,4)5)11-14-9(7-20-11)10(16)17/h7-8H,6H2,1-5H3,(H,16,17). The van der Waals surface area contributed by atoms with Crippen molar-refractivity contribution in [3.63, 3.8) is 0 Å². The maximum atomic E-state index is 12.2. The highest BCUT2D eigenvalue weighted by Gasteiger charge is 2.26. The Morgan fingerprint density at radius 3 is 2.45 bits per heavy atom. The number of hydrogen-bond acceptors (Lipinski definition) is 5. The van der Waals surface area contributed by atoms with Gasteiger partial charge < -0.3 is 9.84 Å². The van der Waals surface area contributed by atoms with Crippen molar-refractivity contribution in [3.05, 3.63) is 11.1 Å². The fourth-order valence-corrected chi connectivity index (χ4v) is 2.20. The van der Waals surface area contributed by atoms with Gasteiger partial charge in [-0.25, -0.2) is 14.6 Å². The summed E-state index contributed by atoms with van der Waals surface area (Å²) in [5.74, 6) is -0.902. The molecule has 1 aromatic rings. The van der Waals surface area contributed by atoms with Gasteiger partial charge in [0.1, 0.15) is 5.60 Å². The van der Waals surface area contributed by atoms with Crippen LogP contribution in [0.3, 0.4) is 0 Å². The highest BCUT2D eigenvalue weighted by molar-refractivity contribution is 7.14. The van der Waals surface area contributed by atoms with E-state index in [1.165, 1.54) is 10.3 Å². The van der Waals surface area contributed by atoms with Gasteiger partial charge in [-0.3, -0.25) is 4.90 Å². The molecule has 1 rings (SSSR count). The zero-order valence-corrected chi connectivity index (χ0v) is 13.2. The third-order valence-corrected chi connectivity index (χ3v) is 2.97. The van der Waals surface area contributed by atoms with Crippen LogP contribution in [0.5, 0.6) is 0 Å². The van der Waals surface area contributed by atoms with Crippen LogP contribution in [0.25, 0.3) is 0 Å². The van der Waals surface area contributed by atoms with E-state index in [0.717, 1.165) is 11.3 Å². The van der Waals surface area contributed by atoms with Crippen molar-refractivity contribution in [2.45, 2.75) is 40.2 Å². The van der Waals surface area contributed by atoms with E-state index in [2.05, 4.69) is 4.98 Å². The summed E-state index contributed by atoms with van der Waals surface area (Å²) >= 11 is 1.12. The topological polar surface area (TPSA) is 79.7 Å². The molecule has 0 aliphatic carbocycles. The van der Waals surface area contributed by atoms with Crippen LogP contribution in [0.15, 0.2) is 5.38 Å². The van der Waals surface area contributed by atoms with E-state index in [9.17, 15) is 9.59 Å². The average Bonchev–Trinajstić information content (AvgIpc) is 2.71. The first-order chi connectivity index (χ1) is 9.10. The lowest BCUT2D eigenvalue weighted by Gasteiger charge is -2.26. The van der Waals surface area contributed by atoms with Crippen LogP contribution in [0.2, 0.25) is 0 Å². The summed E-state index contributed by atoms with van der Waals surface area (Å²) in [6.45, 7) is 9.68. The van der Waals surface area contributed by atoms with Gasteiger partial charge in [-0.05, 0) is 26.7 Å². The smallest absolute Gasteiger partial charge is 0.416 e. The van der Waals surface area contributed by atoms with Crippen molar-refractivity contribution in [1.82, 2.24) is 4.98 Å². The Morgan fingerprint density at radius 2 is 2.05 bits per heavy atom. The Kier molecular flexibility index (Phi) is 5.10. The third-order valence-electron chi connectivity index (χ3n) is 2.10. The molecule has 20 heavy (non-hydrogen) atoms. The van der Waals surface area contributed by atoms with Crippen LogP contribution in [-0.4, -0.2) is 34.3 Å². The van der Waals surface area contributed by atoms with E-state index >= 15 is 0 Å². The van der Waals surface area contributed by atoms with Crippen LogP contribution in [0, 0.1) is 5.92 Å². The van der Waals surface area contributed by atoms with Gasteiger partial charge in [0, 0.05) is 11.9 Å². The van der Waals surface area contributed by atoms with E-state index < -0.39 is 17.7 Å². The number of carbonyl (C=O) groups excluding carboxylic acids is 1. The molecule has 112 valence electrons. The van der Waals surface area contributed by atoms with Crippen molar-refractivity contribution < 1.29 is 19.4 Å². The summed E-state index contributed by atoms with van der Waals surface area (Å²) in [5, 5.41) is 10.6. The molecule has 7 heteroatoms. The number of rotatable bonds is 4. The molecule has 0 saturated carbocycles. The number of aromatic nitrogens is 1. The van der Waals surface area contributed by atoms with Crippen LogP contribution >= 0.6 is 11.3 Å². The molecule has 0 spiro atoms. The molecular formula is C13H20N2O4S. The fraction of sp³-hybridized carbons (Fsp3) is 0.615. The van der Waals surface area contributed by atoms with Gasteiger partial charge in [0.25, 0.3) is 0 Å². The SMILES string of the molecule is CC(C)CN(C(=O)OC(C)(C)C)c1nc(C(=O)O)cs1. The summed E-state index contributed by atoms with van der Waals surface area (Å²) in [5.41, 5.74) is -0.679. The van der Waals surface area contributed by atoms with Gasteiger partial charge in [-0.2, -0.15) is 0 Å². The minimum atomic E-state index is -1.11. The summed E-state index contributed by atoms with van der Waals surface area (Å²) in [7, 11) is 0. The summed E-state index contributed by atoms with van der Waals surface area (Å²) in [6.07, 6.45) is -0.516. The Morgan fingerprint density at radius 1 is 1.45 bits per heavy atom. The lowest BCUT2D eigenvalue weighted by Crippen LogP contribution is -2.39. The Hall–Kier alpha value is -1.63. The highest BCUT2D eigenvalue weighted by atomic mass is 32.1. The van der Waals surface area contributed by atoms with E-state index in [1.807, 2.05) is 13.8 Å². The molecule has 1 aromatic heterocycles. The molecule has 0 atom stereocenters. The molecule has 0 aliphatic rings. The lowest BCUT2D eigenvalue weighted by atomic mass is 10.2. The van der Waals surface area contributed by atoms with Crippen molar-refractivity contribution in [1.29, 1.82) is 0 Å². The number of carboxylic acids is 1. The van der Waals surface area contributed by atoms with Gasteiger partial charge in [-0.15, -0.1) is 11.3 Å². The van der Waals surface area contributed by atoms with Crippen LogP contribution in [0.4, 0.5) is 9.93 Å². The van der Waals surface area contributed by atoms with Gasteiger partial charge in [0.2, 0.25) is 0 Å². The number of nitrogens with zero attached hydrogens (tertiary/aromatic N) is 2. The van der Waals surface area contributed by atoms with Crippen LogP contribution < -0.4 is 4.90 Å². The number of hydrogen-bond donors (Lipinski definition) is 1. The minimum Gasteiger partial charge on any atom is -0.476 e. The first-order valence-corrected chi connectivity index (χ1v) is 7.17. The molecule has 1 amide bonds. The number of anilines is 1. The number of carboxylic acid groups (broad SMARTS) is 1. The summed E-state index contributed by atoms with van der Waals surface area (Å²) in [6, 6.07) is 0. The molecule has 6 nitrogen and oxygen atoms in total. The van der Waals surface area contributed by atoms with Crippen molar-refractivity contribution in [2.24, 2.45) is 5.92 Å². The van der Waals surface area contributed by atoms with Gasteiger partial charge in [0.15, 0.2) is 10.8 Å². The number of thiazole rings is 1. The van der Waals surface area contributed by atoms with E-state index in [4.69, 9.17) is 9.84 Å². The Bertz CT molecular complexity index is 491. The Balaban J connectivity index is 2.98. The minimum absolute atomic E-state index is 0.0673. The zero-order chi connectivity index (χ0) is 15.5. The summed E-state index contributed by atoms with van der Waals surface area (Å²) in [4.78, 5) is 28.4. The third kappa shape index (κ3) is 4.80. The molecule has 0 radical (unpaired) electrons. The zero-order valence-electron chi connectivity index (χ0n) is 12.3. The molecule has 0 fully saturated rings. The highest BCUT2D eigenvalue weighted by Crippen LogP contribution is 2.24. The van der Waals surface area contributed by atoms with E-state index in [-0.39, 0.29) is 11.6 Å². The largest absolute Gasteiger partial charge is 0.476 e. The quantitative estimate of drug-likeness (QED) is 0.923. The second kappa shape index (κ2) is 6.21. The number of ether oxygens (including phenoxy) is 1. The number of aromatic carboxylic acids is 1. The number of amides is 1. The number of carbonyl (C=O) groups is 2. The van der Waals surface area contributed by atoms with Crippen molar-refractivity contribution in [3.8, 4) is 0 Å². The molecule has 0 unspecified atom stereocenters. The van der Waals surface area contributed by atoms with Crippen LogP contribution in [-0.2, 0) is 4.74 Å². The fourth-order valence-electron chi connectivity index (χ4n) is 1.40. The van der Waals surface area contributed by atoms with Crippen LogP contribution in [0.1, 0.15) is 45.1 Å². The molecule has 0 aromatic carbocycles. The molecule has 0 aliphatic heterocycles. The van der Waals surface area contributed by atoms with E-state index in [1.54, 1.807) is 20.8 Å². The Labute approximate surface area is 122 Å². The first kappa shape index (κ1) is 16.4. The normalized spacial score (nSPS) is 11.5. The lowest BCUT2D eigenvalue weighted by molar-refractivity contribution is 0.0573. The summed E-state index contributed by atoms with van der Waals surface area (Å²) < 4.78 is 5.33. The van der Waals surface area contributed by atoms with Gasteiger partial charge in [-0.1, -0.05) is 13.8 Å². The molecule has 0 bridgehead atoms. The first-order valence-electron chi connectivity index (χ1n) is 6.29. The van der Waals surface area contributed by atoms with Crippen molar-refractivity contribution >= 4 is 28.5 Å². The maximum absolute atomic E-state index is 12.2. The van der Waals surface area contributed by atoms with Crippen molar-refractivity contribution in [2.75, 3.05) is 11.4 Å². The predicted molar refractivity (Wildman–Crippen MR) is 77.5 cm³/mol. The molecule has 1 heterocycles. The van der Waals surface area contributed by atoms with Gasteiger partial charge >= 0.3 is 12.1 Å². The van der Waals surface area contributed by atoms with Gasteiger partial charge in [0.05, 0.1) is 0 Å². The average molecular weight is 300 g/mol. The second-order valence-corrected chi connectivity index (χ2v) is 6.64. The molecule has 0 saturated heterocycles.